The standard InChI is InChI=1S/C63H42N2/c1-5-20-43(21-6-1)50-30-13-16-34-55(50)60-42-61(65-62(64-60)44-22-7-2-8-23-44)56-38-37-51(52-31-14-15-32-53(52)56)47-25-19-24-45(40-47)46-36-39-59-57(41-46)54-33-17-18-35-58(54)63(59,48-26-9-3-10-27-48)49-28-11-4-12-29-49/h1-42H. The molecule has 0 spiro atoms. The molecule has 0 saturated carbocycles. The van der Waals surface area contributed by atoms with Gasteiger partial charge < -0.3 is 0 Å². The Bertz CT molecular complexity index is 3480. The van der Waals surface area contributed by atoms with Gasteiger partial charge in [0.15, 0.2) is 5.82 Å². The van der Waals surface area contributed by atoms with Gasteiger partial charge in [0, 0.05) is 16.7 Å². The van der Waals surface area contributed by atoms with Gasteiger partial charge in [-0.3, -0.25) is 0 Å². The molecule has 10 aromatic carbocycles. The molecular formula is C63H42N2. The zero-order valence-electron chi connectivity index (χ0n) is 35.6. The van der Waals surface area contributed by atoms with Crippen LogP contribution in [0, 0.1) is 0 Å². The normalized spacial score (nSPS) is 12.4. The Kier molecular flexibility index (Phi) is 9.43. The summed E-state index contributed by atoms with van der Waals surface area (Å²) in [6.07, 6.45) is 0. The monoisotopic (exact) mass is 826 g/mol. The number of hydrogen-bond acceptors (Lipinski definition) is 2. The summed E-state index contributed by atoms with van der Waals surface area (Å²) >= 11 is 0. The van der Waals surface area contributed by atoms with Gasteiger partial charge in [0.25, 0.3) is 0 Å². The molecule has 1 heterocycles. The number of aromatic nitrogens is 2. The van der Waals surface area contributed by atoms with E-state index in [1.165, 1.54) is 61.0 Å². The van der Waals surface area contributed by atoms with Crippen LogP contribution in [0.4, 0.5) is 0 Å². The zero-order valence-corrected chi connectivity index (χ0v) is 35.6. The van der Waals surface area contributed by atoms with Gasteiger partial charge in [-0.05, 0) is 95.7 Å². The van der Waals surface area contributed by atoms with Gasteiger partial charge in [-0.2, -0.15) is 0 Å². The SMILES string of the molecule is c1ccc(-c2nc(-c3ccccc3-c3ccccc3)cc(-c3ccc(-c4cccc(-c5ccc6c(c5)-c5ccccc5C6(c5ccccc5)c5ccccc5)c4)c4ccccc34)n2)cc1. The summed E-state index contributed by atoms with van der Waals surface area (Å²) in [5.41, 5.74) is 19.2. The van der Waals surface area contributed by atoms with Crippen molar-refractivity contribution in [3.63, 3.8) is 0 Å². The molecule has 12 rings (SSSR count). The molecule has 1 aromatic heterocycles. The van der Waals surface area contributed by atoms with Crippen LogP contribution in [-0.2, 0) is 5.41 Å². The first-order chi connectivity index (χ1) is 32.2. The third-order valence-corrected chi connectivity index (χ3v) is 13.2. The van der Waals surface area contributed by atoms with E-state index in [1.54, 1.807) is 0 Å². The molecule has 0 amide bonds. The Balaban J connectivity index is 0.979. The molecule has 0 aliphatic heterocycles. The lowest BCUT2D eigenvalue weighted by molar-refractivity contribution is 0.768. The lowest BCUT2D eigenvalue weighted by atomic mass is 9.67. The van der Waals surface area contributed by atoms with Gasteiger partial charge in [-0.15, -0.1) is 0 Å². The van der Waals surface area contributed by atoms with Crippen LogP contribution in [-0.4, -0.2) is 9.97 Å². The summed E-state index contributed by atoms with van der Waals surface area (Å²) in [5.74, 6) is 0.698. The summed E-state index contributed by atoms with van der Waals surface area (Å²) < 4.78 is 0. The fourth-order valence-corrected chi connectivity index (χ4v) is 10.3. The van der Waals surface area contributed by atoms with E-state index >= 15 is 0 Å². The van der Waals surface area contributed by atoms with Crippen molar-refractivity contribution in [2.24, 2.45) is 0 Å². The number of benzene rings is 10. The molecule has 0 radical (unpaired) electrons. The summed E-state index contributed by atoms with van der Waals surface area (Å²) in [6.45, 7) is 0. The summed E-state index contributed by atoms with van der Waals surface area (Å²) in [6, 6.07) is 91.9. The maximum Gasteiger partial charge on any atom is 0.160 e. The Hall–Kier alpha value is -8.46. The van der Waals surface area contributed by atoms with Gasteiger partial charge >= 0.3 is 0 Å². The van der Waals surface area contributed by atoms with Crippen molar-refractivity contribution in [1.82, 2.24) is 9.97 Å². The molecule has 0 saturated heterocycles. The van der Waals surface area contributed by atoms with Crippen LogP contribution in [0.3, 0.4) is 0 Å². The third kappa shape index (κ3) is 6.50. The minimum atomic E-state index is -0.424. The van der Waals surface area contributed by atoms with Crippen LogP contribution in [0.2, 0.25) is 0 Å². The van der Waals surface area contributed by atoms with E-state index in [4.69, 9.17) is 9.97 Å². The van der Waals surface area contributed by atoms with Crippen molar-refractivity contribution in [2.45, 2.75) is 5.41 Å². The van der Waals surface area contributed by atoms with E-state index in [1.807, 2.05) is 18.2 Å². The van der Waals surface area contributed by atoms with Crippen LogP contribution in [0.25, 0.3) is 89.2 Å². The highest BCUT2D eigenvalue weighted by molar-refractivity contribution is 6.05. The van der Waals surface area contributed by atoms with E-state index in [2.05, 4.69) is 237 Å². The fourth-order valence-electron chi connectivity index (χ4n) is 10.3. The van der Waals surface area contributed by atoms with Gasteiger partial charge in [0.05, 0.1) is 16.8 Å². The minimum Gasteiger partial charge on any atom is -0.228 e. The van der Waals surface area contributed by atoms with E-state index in [0.717, 1.165) is 44.6 Å². The number of hydrogen-bond donors (Lipinski definition) is 0. The molecular weight excluding hydrogens is 785 g/mol. The van der Waals surface area contributed by atoms with Crippen molar-refractivity contribution < 1.29 is 0 Å². The second-order valence-electron chi connectivity index (χ2n) is 16.8. The van der Waals surface area contributed by atoms with E-state index < -0.39 is 5.41 Å². The maximum absolute atomic E-state index is 5.29. The van der Waals surface area contributed by atoms with Crippen LogP contribution < -0.4 is 0 Å². The molecule has 1 aliphatic carbocycles. The first-order valence-corrected chi connectivity index (χ1v) is 22.3. The first kappa shape index (κ1) is 38.2. The Morgan fingerprint density at radius 1 is 0.246 bits per heavy atom. The average Bonchev–Trinajstić information content (AvgIpc) is 3.69. The Morgan fingerprint density at radius 2 is 0.723 bits per heavy atom. The molecule has 1 aliphatic rings. The number of nitrogens with zero attached hydrogens (tertiary/aromatic N) is 2. The lowest BCUT2D eigenvalue weighted by Crippen LogP contribution is -2.28. The fraction of sp³-hybridized carbons (Fsp3) is 0.0159. The van der Waals surface area contributed by atoms with Crippen molar-refractivity contribution in [3.05, 3.63) is 277 Å². The van der Waals surface area contributed by atoms with Crippen molar-refractivity contribution in [3.8, 4) is 78.4 Å². The molecule has 0 atom stereocenters. The first-order valence-electron chi connectivity index (χ1n) is 22.3. The van der Waals surface area contributed by atoms with Gasteiger partial charge in [0.2, 0.25) is 0 Å². The van der Waals surface area contributed by atoms with Gasteiger partial charge in [-0.1, -0.05) is 237 Å². The largest absolute Gasteiger partial charge is 0.228 e. The van der Waals surface area contributed by atoms with Gasteiger partial charge in [0.1, 0.15) is 0 Å². The van der Waals surface area contributed by atoms with E-state index in [-0.39, 0.29) is 0 Å². The molecule has 2 nitrogen and oxygen atoms in total. The maximum atomic E-state index is 5.29. The van der Waals surface area contributed by atoms with Crippen LogP contribution in [0.1, 0.15) is 22.3 Å². The van der Waals surface area contributed by atoms with Crippen LogP contribution in [0.15, 0.2) is 255 Å². The summed E-state index contributed by atoms with van der Waals surface area (Å²) in [7, 11) is 0. The highest BCUT2D eigenvalue weighted by atomic mass is 14.9. The molecule has 2 heteroatoms. The Morgan fingerprint density at radius 3 is 1.42 bits per heavy atom. The predicted molar refractivity (Wildman–Crippen MR) is 269 cm³/mol. The molecule has 0 N–H and O–H groups in total. The van der Waals surface area contributed by atoms with Crippen LogP contribution >= 0.6 is 0 Å². The van der Waals surface area contributed by atoms with Crippen molar-refractivity contribution in [1.29, 1.82) is 0 Å². The predicted octanol–water partition coefficient (Wildman–Crippen LogP) is 16.0. The van der Waals surface area contributed by atoms with Crippen LogP contribution in [0.5, 0.6) is 0 Å². The second-order valence-corrected chi connectivity index (χ2v) is 16.8. The quantitative estimate of drug-likeness (QED) is 0.152. The lowest BCUT2D eigenvalue weighted by Gasteiger charge is -2.33. The smallest absolute Gasteiger partial charge is 0.160 e. The molecule has 11 aromatic rings. The van der Waals surface area contributed by atoms with Crippen molar-refractivity contribution >= 4 is 10.8 Å². The van der Waals surface area contributed by atoms with Crippen molar-refractivity contribution in [2.75, 3.05) is 0 Å². The highest BCUT2D eigenvalue weighted by Gasteiger charge is 2.46. The Labute approximate surface area is 379 Å². The summed E-state index contributed by atoms with van der Waals surface area (Å²) in [5, 5.41) is 2.31. The molecule has 0 fully saturated rings. The molecule has 65 heavy (non-hydrogen) atoms. The summed E-state index contributed by atoms with van der Waals surface area (Å²) in [4.78, 5) is 10.5. The molecule has 0 bridgehead atoms. The number of fused-ring (bicyclic) bond motifs is 4. The van der Waals surface area contributed by atoms with Gasteiger partial charge in [-0.25, -0.2) is 9.97 Å². The second kappa shape index (κ2) is 16.0. The average molecular weight is 827 g/mol. The third-order valence-electron chi connectivity index (χ3n) is 13.2. The zero-order chi connectivity index (χ0) is 43.2. The molecule has 304 valence electrons. The molecule has 0 unspecified atom stereocenters. The van der Waals surface area contributed by atoms with E-state index in [0.29, 0.717) is 5.82 Å². The topological polar surface area (TPSA) is 25.8 Å². The minimum absolute atomic E-state index is 0.424. The highest BCUT2D eigenvalue weighted by Crippen LogP contribution is 2.56. The number of rotatable bonds is 8. The van der Waals surface area contributed by atoms with E-state index in [9.17, 15) is 0 Å².